The fraction of sp³-hybridized carbons (Fsp3) is 0.455. The summed E-state index contributed by atoms with van der Waals surface area (Å²) >= 11 is 2.26. The van der Waals surface area contributed by atoms with E-state index in [1.807, 2.05) is 38.1 Å². The quantitative estimate of drug-likeness (QED) is 0.831. The lowest BCUT2D eigenvalue weighted by Crippen LogP contribution is -2.32. The molecule has 0 amide bonds. The summed E-state index contributed by atoms with van der Waals surface area (Å²) in [6, 6.07) is 7.98. The zero-order chi connectivity index (χ0) is 10.8. The molecule has 0 saturated heterocycles. The van der Waals surface area contributed by atoms with Gasteiger partial charge in [0.25, 0.3) is 0 Å². The lowest BCUT2D eigenvalue weighted by atomic mass is 9.82. The summed E-state index contributed by atoms with van der Waals surface area (Å²) in [5.74, 6) is 0. The highest BCUT2D eigenvalue weighted by Gasteiger charge is 2.26. The van der Waals surface area contributed by atoms with Crippen LogP contribution in [0.1, 0.15) is 25.5 Å². The summed E-state index contributed by atoms with van der Waals surface area (Å²) in [5, 5.41) is 9.20. The number of rotatable bonds is 3. The molecule has 0 heterocycles. The van der Waals surface area contributed by atoms with E-state index in [1.54, 1.807) is 0 Å². The fourth-order valence-electron chi connectivity index (χ4n) is 1.22. The first-order valence-corrected chi connectivity index (χ1v) is 5.67. The average Bonchev–Trinajstić information content (AvgIpc) is 2.18. The monoisotopic (exact) mass is 341 g/mol. The summed E-state index contributed by atoms with van der Waals surface area (Å²) in [6.45, 7) is 4.03. The van der Waals surface area contributed by atoms with Gasteiger partial charge in [0, 0.05) is 21.6 Å². The van der Waals surface area contributed by atoms with Crippen LogP contribution in [-0.4, -0.2) is 11.7 Å². The number of hydrogen-bond donors (Lipinski definition) is 2. The fourth-order valence-corrected chi connectivity index (χ4v) is 1.58. The van der Waals surface area contributed by atoms with Crippen molar-refractivity contribution in [2.24, 2.45) is 11.1 Å². The largest absolute Gasteiger partial charge is 0.396 e. The van der Waals surface area contributed by atoms with E-state index in [2.05, 4.69) is 22.6 Å². The Morgan fingerprint density at radius 1 is 1.33 bits per heavy atom. The van der Waals surface area contributed by atoms with Gasteiger partial charge in [0.05, 0.1) is 0 Å². The van der Waals surface area contributed by atoms with Gasteiger partial charge in [-0.1, -0.05) is 26.0 Å². The van der Waals surface area contributed by atoms with E-state index in [9.17, 15) is 5.11 Å². The first kappa shape index (κ1) is 15.2. The minimum absolute atomic E-state index is 0. The van der Waals surface area contributed by atoms with Crippen LogP contribution in [-0.2, 0) is 0 Å². The highest BCUT2D eigenvalue weighted by atomic mass is 127. The van der Waals surface area contributed by atoms with Gasteiger partial charge in [-0.15, -0.1) is 12.4 Å². The molecule has 86 valence electrons. The summed E-state index contributed by atoms with van der Waals surface area (Å²) in [7, 11) is 0. The maximum Gasteiger partial charge on any atom is 0.0500 e. The number of aliphatic hydroxyl groups excluding tert-OH is 1. The van der Waals surface area contributed by atoms with Gasteiger partial charge in [0.1, 0.15) is 0 Å². The third-order valence-electron chi connectivity index (χ3n) is 2.48. The van der Waals surface area contributed by atoms with Crippen LogP contribution in [0.15, 0.2) is 24.3 Å². The minimum atomic E-state index is -0.271. The first-order chi connectivity index (χ1) is 6.47. The van der Waals surface area contributed by atoms with Crippen molar-refractivity contribution in [3.63, 3.8) is 0 Å². The molecule has 0 aromatic heterocycles. The molecule has 0 radical (unpaired) electrons. The molecule has 4 heteroatoms. The molecule has 1 aromatic carbocycles. The van der Waals surface area contributed by atoms with Crippen molar-refractivity contribution in [2.45, 2.75) is 19.9 Å². The van der Waals surface area contributed by atoms with Gasteiger partial charge in [-0.05, 0) is 40.3 Å². The van der Waals surface area contributed by atoms with Crippen LogP contribution in [0.2, 0.25) is 0 Å². The Bertz CT molecular complexity index is 300. The number of halogens is 2. The molecule has 0 fully saturated rings. The number of benzene rings is 1. The van der Waals surface area contributed by atoms with Gasteiger partial charge in [-0.3, -0.25) is 0 Å². The van der Waals surface area contributed by atoms with Crippen LogP contribution in [0.5, 0.6) is 0 Å². The maximum atomic E-state index is 9.20. The highest BCUT2D eigenvalue weighted by molar-refractivity contribution is 14.1. The van der Waals surface area contributed by atoms with Crippen molar-refractivity contribution in [2.75, 3.05) is 6.61 Å². The first-order valence-electron chi connectivity index (χ1n) is 4.59. The second-order valence-corrected chi connectivity index (χ2v) is 5.42. The minimum Gasteiger partial charge on any atom is -0.396 e. The molecular formula is C11H17ClINO. The predicted molar refractivity (Wildman–Crippen MR) is 74.2 cm³/mol. The Labute approximate surface area is 111 Å². The lowest BCUT2D eigenvalue weighted by Gasteiger charge is -2.29. The van der Waals surface area contributed by atoms with E-state index in [-0.39, 0.29) is 30.5 Å². The molecule has 1 rings (SSSR count). The summed E-state index contributed by atoms with van der Waals surface area (Å²) < 4.78 is 1.19. The van der Waals surface area contributed by atoms with Crippen LogP contribution in [0.25, 0.3) is 0 Å². The molecule has 0 aliphatic rings. The standard InChI is InChI=1S/C11H16INO.ClH/c1-11(2,7-14)10(13)8-3-5-9(12)6-4-8;/h3-6,10,14H,7,13H2,1-2H3;1H/t10-;/m1./s1. The Morgan fingerprint density at radius 3 is 2.20 bits per heavy atom. The number of nitrogens with two attached hydrogens (primary N) is 1. The molecule has 0 spiro atoms. The molecule has 0 aliphatic carbocycles. The third kappa shape index (κ3) is 3.90. The molecular weight excluding hydrogens is 324 g/mol. The van der Waals surface area contributed by atoms with Crippen molar-refractivity contribution in [3.8, 4) is 0 Å². The zero-order valence-electron chi connectivity index (χ0n) is 8.90. The van der Waals surface area contributed by atoms with Gasteiger partial charge in [-0.25, -0.2) is 0 Å². The van der Waals surface area contributed by atoms with Crippen molar-refractivity contribution < 1.29 is 5.11 Å². The van der Waals surface area contributed by atoms with Gasteiger partial charge in [0.2, 0.25) is 0 Å². The van der Waals surface area contributed by atoms with E-state index >= 15 is 0 Å². The number of hydrogen-bond acceptors (Lipinski definition) is 2. The highest BCUT2D eigenvalue weighted by Crippen LogP contribution is 2.30. The molecule has 1 aromatic rings. The molecule has 0 bridgehead atoms. The molecule has 0 unspecified atom stereocenters. The molecule has 1 atom stereocenters. The predicted octanol–water partition coefficient (Wildman–Crippen LogP) is 2.73. The van der Waals surface area contributed by atoms with Gasteiger partial charge < -0.3 is 10.8 Å². The van der Waals surface area contributed by atoms with E-state index in [0.29, 0.717) is 0 Å². The second kappa shape index (κ2) is 6.03. The normalized spacial score (nSPS) is 13.1. The number of aliphatic hydroxyl groups is 1. The van der Waals surface area contributed by atoms with Crippen molar-refractivity contribution in [1.29, 1.82) is 0 Å². The molecule has 0 aliphatic heterocycles. The summed E-state index contributed by atoms with van der Waals surface area (Å²) in [5.41, 5.74) is 6.87. The van der Waals surface area contributed by atoms with Gasteiger partial charge in [0.15, 0.2) is 0 Å². The Morgan fingerprint density at radius 2 is 1.80 bits per heavy atom. The van der Waals surface area contributed by atoms with Crippen LogP contribution >= 0.6 is 35.0 Å². The van der Waals surface area contributed by atoms with E-state index in [1.165, 1.54) is 3.57 Å². The molecule has 3 N–H and O–H groups in total. The second-order valence-electron chi connectivity index (χ2n) is 4.18. The SMILES string of the molecule is CC(C)(CO)[C@H](N)c1ccc(I)cc1.Cl. The summed E-state index contributed by atoms with van der Waals surface area (Å²) in [6.07, 6.45) is 0. The lowest BCUT2D eigenvalue weighted by molar-refractivity contribution is 0.132. The Hall–Kier alpha value is 0.160. The van der Waals surface area contributed by atoms with E-state index in [0.717, 1.165) is 5.56 Å². The van der Waals surface area contributed by atoms with E-state index in [4.69, 9.17) is 5.73 Å². The van der Waals surface area contributed by atoms with Gasteiger partial charge >= 0.3 is 0 Å². The Kier molecular flexibility index (Phi) is 6.10. The van der Waals surface area contributed by atoms with Crippen molar-refractivity contribution in [3.05, 3.63) is 33.4 Å². The summed E-state index contributed by atoms with van der Waals surface area (Å²) in [4.78, 5) is 0. The average molecular weight is 342 g/mol. The van der Waals surface area contributed by atoms with Gasteiger partial charge in [-0.2, -0.15) is 0 Å². The van der Waals surface area contributed by atoms with Crippen molar-refractivity contribution >= 4 is 35.0 Å². The zero-order valence-corrected chi connectivity index (χ0v) is 11.9. The smallest absolute Gasteiger partial charge is 0.0500 e. The topological polar surface area (TPSA) is 46.2 Å². The van der Waals surface area contributed by atoms with Crippen LogP contribution in [0, 0.1) is 8.99 Å². The third-order valence-corrected chi connectivity index (χ3v) is 3.20. The molecule has 0 saturated carbocycles. The molecule has 15 heavy (non-hydrogen) atoms. The van der Waals surface area contributed by atoms with E-state index < -0.39 is 0 Å². The van der Waals surface area contributed by atoms with Crippen LogP contribution < -0.4 is 5.73 Å². The van der Waals surface area contributed by atoms with Crippen LogP contribution in [0.3, 0.4) is 0 Å². The Balaban J connectivity index is 0.00000196. The molecule has 2 nitrogen and oxygen atoms in total. The van der Waals surface area contributed by atoms with Crippen molar-refractivity contribution in [1.82, 2.24) is 0 Å². The van der Waals surface area contributed by atoms with Crippen LogP contribution in [0.4, 0.5) is 0 Å². The maximum absolute atomic E-state index is 9.20.